The van der Waals surface area contributed by atoms with Crippen molar-refractivity contribution in [3.63, 3.8) is 0 Å². The van der Waals surface area contributed by atoms with Crippen LogP contribution < -0.4 is 25.3 Å². The van der Waals surface area contributed by atoms with Crippen LogP contribution in [0.15, 0.2) is 66.7 Å². The van der Waals surface area contributed by atoms with Gasteiger partial charge in [-0.15, -0.1) is 0 Å². The average molecular weight is 378 g/mol. The Kier molecular flexibility index (Phi) is 6.01. The van der Waals surface area contributed by atoms with Gasteiger partial charge in [0, 0.05) is 5.69 Å². The van der Waals surface area contributed by atoms with Gasteiger partial charge in [0.2, 0.25) is 0 Å². The Morgan fingerprint density at radius 3 is 2.29 bits per heavy atom. The normalized spacial score (nSPS) is 10.2. The summed E-state index contributed by atoms with van der Waals surface area (Å²) in [6.45, 7) is 0.481. The zero-order valence-electron chi connectivity index (χ0n) is 15.8. The Bertz CT molecular complexity index is 941. The van der Waals surface area contributed by atoms with E-state index in [0.29, 0.717) is 35.1 Å². The molecule has 0 aliphatic rings. The number of hydrogen-bond acceptors (Lipinski definition) is 5. The second-order valence-electron chi connectivity index (χ2n) is 6.02. The third-order valence-electron chi connectivity index (χ3n) is 4.19. The lowest BCUT2D eigenvalue weighted by Gasteiger charge is -2.14. The van der Waals surface area contributed by atoms with Gasteiger partial charge < -0.3 is 25.3 Å². The Balaban J connectivity index is 1.66. The van der Waals surface area contributed by atoms with Crippen LogP contribution >= 0.6 is 0 Å². The van der Waals surface area contributed by atoms with Gasteiger partial charge in [0.25, 0.3) is 5.91 Å². The number of ether oxygens (including phenoxy) is 3. The number of methoxy groups -OCH3 is 2. The third-order valence-corrected chi connectivity index (χ3v) is 4.19. The van der Waals surface area contributed by atoms with Crippen LogP contribution in [-0.4, -0.2) is 20.1 Å². The molecule has 6 nitrogen and oxygen atoms in total. The average Bonchev–Trinajstić information content (AvgIpc) is 2.73. The number of rotatable bonds is 7. The molecule has 3 aromatic carbocycles. The predicted molar refractivity (Wildman–Crippen MR) is 109 cm³/mol. The maximum Gasteiger partial charge on any atom is 0.257 e. The first kappa shape index (κ1) is 19.1. The largest absolute Gasteiger partial charge is 0.493 e. The lowest BCUT2D eigenvalue weighted by atomic mass is 10.1. The number of nitrogen functional groups attached to an aromatic ring is 1. The highest BCUT2D eigenvalue weighted by Gasteiger charge is 2.17. The molecule has 144 valence electrons. The minimum Gasteiger partial charge on any atom is -0.493 e. The van der Waals surface area contributed by atoms with E-state index in [-0.39, 0.29) is 11.6 Å². The molecule has 6 heteroatoms. The summed E-state index contributed by atoms with van der Waals surface area (Å²) >= 11 is 0. The Hall–Kier alpha value is -3.67. The van der Waals surface area contributed by atoms with Crippen molar-refractivity contribution < 1.29 is 19.0 Å². The molecule has 0 fully saturated rings. The summed E-state index contributed by atoms with van der Waals surface area (Å²) in [5, 5.41) is 2.82. The fraction of sp³-hybridized carbons (Fsp3) is 0.136. The van der Waals surface area contributed by atoms with Crippen molar-refractivity contribution in [1.82, 2.24) is 0 Å². The van der Waals surface area contributed by atoms with E-state index in [2.05, 4.69) is 5.32 Å². The van der Waals surface area contributed by atoms with Gasteiger partial charge in [-0.2, -0.15) is 0 Å². The maximum atomic E-state index is 12.6. The second-order valence-corrected chi connectivity index (χ2v) is 6.02. The fourth-order valence-electron chi connectivity index (χ4n) is 2.72. The van der Waals surface area contributed by atoms with Crippen molar-refractivity contribution in [2.45, 2.75) is 6.61 Å². The number of nitrogens with two attached hydrogens (primary N) is 1. The number of amides is 1. The Morgan fingerprint density at radius 1 is 0.929 bits per heavy atom. The number of nitrogens with one attached hydrogen (secondary N) is 1. The molecule has 1 amide bonds. The summed E-state index contributed by atoms with van der Waals surface area (Å²) in [5.74, 6) is 1.18. The summed E-state index contributed by atoms with van der Waals surface area (Å²) in [5.41, 5.74) is 8.31. The van der Waals surface area contributed by atoms with Gasteiger partial charge in [0.1, 0.15) is 12.4 Å². The molecule has 0 unspecified atom stereocenters. The van der Waals surface area contributed by atoms with Crippen LogP contribution in [0.4, 0.5) is 11.4 Å². The van der Waals surface area contributed by atoms with Gasteiger partial charge in [-0.05, 0) is 42.0 Å². The van der Waals surface area contributed by atoms with Crippen LogP contribution in [-0.2, 0) is 6.61 Å². The third kappa shape index (κ3) is 4.35. The molecule has 0 aromatic heterocycles. The molecule has 0 bridgehead atoms. The minimum absolute atomic E-state index is 0.224. The van der Waals surface area contributed by atoms with Gasteiger partial charge in [0.05, 0.1) is 25.5 Å². The quantitative estimate of drug-likeness (QED) is 0.605. The lowest BCUT2D eigenvalue weighted by molar-refractivity contribution is 0.102. The van der Waals surface area contributed by atoms with E-state index in [0.717, 1.165) is 5.56 Å². The highest BCUT2D eigenvalue weighted by molar-refractivity contribution is 6.08. The zero-order valence-corrected chi connectivity index (χ0v) is 15.8. The standard InChI is InChI=1S/C22H22N2O4/c1-26-19-13-12-18(20(23)21(19)27-2)22(25)24-16-8-10-17(11-9-16)28-14-15-6-4-3-5-7-15/h3-13H,14,23H2,1-2H3,(H,24,25). The van der Waals surface area contributed by atoms with Crippen LogP contribution in [0.3, 0.4) is 0 Å². The molecule has 0 saturated carbocycles. The molecule has 0 aliphatic carbocycles. The van der Waals surface area contributed by atoms with Crippen molar-refractivity contribution in [2.75, 3.05) is 25.3 Å². The maximum absolute atomic E-state index is 12.6. The summed E-state index contributed by atoms with van der Waals surface area (Å²) in [4.78, 5) is 12.6. The molecular weight excluding hydrogens is 356 g/mol. The fourth-order valence-corrected chi connectivity index (χ4v) is 2.72. The highest BCUT2D eigenvalue weighted by atomic mass is 16.5. The van der Waals surface area contributed by atoms with E-state index in [1.165, 1.54) is 14.2 Å². The van der Waals surface area contributed by atoms with E-state index >= 15 is 0 Å². The first-order chi connectivity index (χ1) is 13.6. The molecule has 0 spiro atoms. The Morgan fingerprint density at radius 2 is 1.64 bits per heavy atom. The minimum atomic E-state index is -0.337. The molecule has 3 aromatic rings. The first-order valence-corrected chi connectivity index (χ1v) is 8.71. The van der Waals surface area contributed by atoms with Crippen molar-refractivity contribution in [2.24, 2.45) is 0 Å². The van der Waals surface area contributed by atoms with E-state index < -0.39 is 0 Å². The van der Waals surface area contributed by atoms with Crippen molar-refractivity contribution in [3.05, 3.63) is 77.9 Å². The van der Waals surface area contributed by atoms with Crippen LogP contribution in [0.5, 0.6) is 17.2 Å². The second kappa shape index (κ2) is 8.81. The van der Waals surface area contributed by atoms with Crippen molar-refractivity contribution in [1.29, 1.82) is 0 Å². The number of carbonyl (C=O) groups is 1. The smallest absolute Gasteiger partial charge is 0.257 e. The predicted octanol–water partition coefficient (Wildman–Crippen LogP) is 4.12. The SMILES string of the molecule is COc1ccc(C(=O)Nc2ccc(OCc3ccccc3)cc2)c(N)c1OC. The molecule has 28 heavy (non-hydrogen) atoms. The topological polar surface area (TPSA) is 82.8 Å². The first-order valence-electron chi connectivity index (χ1n) is 8.71. The number of carbonyl (C=O) groups excluding carboxylic acids is 1. The summed E-state index contributed by atoms with van der Waals surface area (Å²) in [6.07, 6.45) is 0. The van der Waals surface area contributed by atoms with Crippen LogP contribution in [0, 0.1) is 0 Å². The van der Waals surface area contributed by atoms with Gasteiger partial charge in [-0.3, -0.25) is 4.79 Å². The van der Waals surface area contributed by atoms with Gasteiger partial charge in [0.15, 0.2) is 11.5 Å². The summed E-state index contributed by atoms with van der Waals surface area (Å²) in [7, 11) is 2.99. The van der Waals surface area contributed by atoms with Crippen LogP contribution in [0.2, 0.25) is 0 Å². The van der Waals surface area contributed by atoms with Crippen molar-refractivity contribution in [3.8, 4) is 17.2 Å². The molecule has 0 radical (unpaired) electrons. The molecule has 3 rings (SSSR count). The highest BCUT2D eigenvalue weighted by Crippen LogP contribution is 2.35. The Labute approximate surface area is 163 Å². The molecule has 0 saturated heterocycles. The molecule has 0 aliphatic heterocycles. The van der Waals surface area contributed by atoms with E-state index in [9.17, 15) is 4.79 Å². The molecule has 0 atom stereocenters. The number of benzene rings is 3. The number of anilines is 2. The van der Waals surface area contributed by atoms with Gasteiger partial charge >= 0.3 is 0 Å². The lowest BCUT2D eigenvalue weighted by Crippen LogP contribution is -2.14. The van der Waals surface area contributed by atoms with Crippen LogP contribution in [0.25, 0.3) is 0 Å². The molecular formula is C22H22N2O4. The summed E-state index contributed by atoms with van der Waals surface area (Å²) < 4.78 is 16.2. The number of hydrogen-bond donors (Lipinski definition) is 2. The van der Waals surface area contributed by atoms with E-state index in [1.54, 1.807) is 36.4 Å². The summed E-state index contributed by atoms with van der Waals surface area (Å²) in [6, 6.07) is 20.3. The van der Waals surface area contributed by atoms with E-state index in [4.69, 9.17) is 19.9 Å². The zero-order chi connectivity index (χ0) is 19.9. The molecule has 3 N–H and O–H groups in total. The van der Waals surface area contributed by atoms with Gasteiger partial charge in [-0.25, -0.2) is 0 Å². The molecule has 0 heterocycles. The van der Waals surface area contributed by atoms with Crippen LogP contribution in [0.1, 0.15) is 15.9 Å². The van der Waals surface area contributed by atoms with Crippen molar-refractivity contribution >= 4 is 17.3 Å². The van der Waals surface area contributed by atoms with Gasteiger partial charge in [-0.1, -0.05) is 30.3 Å². The van der Waals surface area contributed by atoms with E-state index in [1.807, 2.05) is 30.3 Å². The monoisotopic (exact) mass is 378 g/mol.